The van der Waals surface area contributed by atoms with E-state index in [1.54, 1.807) is 0 Å². The average Bonchev–Trinajstić information content (AvgIpc) is 2.95. The van der Waals surface area contributed by atoms with Crippen LogP contribution in [0.25, 0.3) is 0 Å². The molecular formula is C13H21N3OS. The van der Waals surface area contributed by atoms with Gasteiger partial charge >= 0.3 is 0 Å². The molecule has 3 rings (SSSR count). The number of nitrogens with two attached hydrogens (primary N) is 1. The van der Waals surface area contributed by atoms with Gasteiger partial charge in [0.2, 0.25) is 0 Å². The Morgan fingerprint density at radius 2 is 2.28 bits per heavy atom. The summed E-state index contributed by atoms with van der Waals surface area (Å²) >= 11 is 1.82. The number of anilines is 1. The van der Waals surface area contributed by atoms with Crippen molar-refractivity contribution in [1.82, 2.24) is 4.98 Å². The number of ether oxygens (including phenoxy) is 1. The lowest BCUT2D eigenvalue weighted by Crippen LogP contribution is -2.36. The first-order chi connectivity index (χ1) is 8.66. The molecule has 1 fully saturated rings. The zero-order valence-electron chi connectivity index (χ0n) is 11.1. The lowest BCUT2D eigenvalue weighted by molar-refractivity contribution is 0.118. The van der Waals surface area contributed by atoms with E-state index in [4.69, 9.17) is 15.5 Å². The highest BCUT2D eigenvalue weighted by atomic mass is 32.1. The molecule has 3 unspecified atom stereocenters. The summed E-state index contributed by atoms with van der Waals surface area (Å²) in [6, 6.07) is 0.596. The summed E-state index contributed by atoms with van der Waals surface area (Å²) in [7, 11) is 2.13. The van der Waals surface area contributed by atoms with E-state index in [9.17, 15) is 0 Å². The lowest BCUT2D eigenvalue weighted by atomic mass is 9.99. The normalized spacial score (nSPS) is 31.4. The lowest BCUT2D eigenvalue weighted by Gasteiger charge is -2.26. The van der Waals surface area contributed by atoms with Gasteiger partial charge in [0.25, 0.3) is 0 Å². The molecule has 0 radical (unpaired) electrons. The van der Waals surface area contributed by atoms with Crippen LogP contribution in [0.3, 0.4) is 0 Å². The van der Waals surface area contributed by atoms with Crippen molar-refractivity contribution in [2.45, 2.75) is 50.8 Å². The van der Waals surface area contributed by atoms with Crippen LogP contribution in [-0.4, -0.2) is 30.8 Å². The maximum absolute atomic E-state index is 6.14. The molecule has 100 valence electrons. The number of likely N-dealkylation sites (N-methyl/N-ethyl adjacent to an activating group) is 1. The Hall–Kier alpha value is -0.650. The van der Waals surface area contributed by atoms with Gasteiger partial charge in [-0.15, -0.1) is 11.3 Å². The molecule has 1 aromatic heterocycles. The van der Waals surface area contributed by atoms with Gasteiger partial charge in [0.15, 0.2) is 5.13 Å². The third-order valence-electron chi connectivity index (χ3n) is 4.12. The molecule has 0 amide bonds. The number of aryl methyl sites for hydroxylation is 1. The Bertz CT molecular complexity index is 434. The fourth-order valence-electron chi connectivity index (χ4n) is 2.96. The van der Waals surface area contributed by atoms with Crippen LogP contribution in [-0.2, 0) is 11.2 Å². The first-order valence-electron chi connectivity index (χ1n) is 6.76. The van der Waals surface area contributed by atoms with Crippen molar-refractivity contribution in [3.8, 4) is 0 Å². The molecule has 2 heterocycles. The van der Waals surface area contributed by atoms with E-state index < -0.39 is 0 Å². The van der Waals surface area contributed by atoms with E-state index in [-0.39, 0.29) is 6.04 Å². The Labute approximate surface area is 112 Å². The zero-order valence-corrected chi connectivity index (χ0v) is 11.9. The Morgan fingerprint density at radius 1 is 1.44 bits per heavy atom. The fourth-order valence-corrected chi connectivity index (χ4v) is 4.15. The summed E-state index contributed by atoms with van der Waals surface area (Å²) in [5.41, 5.74) is 7.28. The highest BCUT2D eigenvalue weighted by molar-refractivity contribution is 7.15. The summed E-state index contributed by atoms with van der Waals surface area (Å²) in [4.78, 5) is 8.45. The first kappa shape index (κ1) is 12.4. The maximum Gasteiger partial charge on any atom is 0.185 e. The van der Waals surface area contributed by atoms with Gasteiger partial charge < -0.3 is 15.4 Å². The molecule has 1 aromatic rings. The third kappa shape index (κ3) is 2.04. The van der Waals surface area contributed by atoms with Crippen LogP contribution in [0.5, 0.6) is 0 Å². The average molecular weight is 267 g/mol. The Balaban J connectivity index is 1.84. The van der Waals surface area contributed by atoms with Gasteiger partial charge in [-0.1, -0.05) is 0 Å². The highest BCUT2D eigenvalue weighted by Crippen LogP contribution is 2.36. The van der Waals surface area contributed by atoms with Crippen molar-refractivity contribution in [2.24, 2.45) is 5.73 Å². The molecule has 4 nitrogen and oxygen atoms in total. The van der Waals surface area contributed by atoms with E-state index in [0.717, 1.165) is 36.7 Å². The molecular weight excluding hydrogens is 246 g/mol. The summed E-state index contributed by atoms with van der Waals surface area (Å²) in [6.07, 6.45) is 4.80. The molecule has 0 aromatic carbocycles. The monoisotopic (exact) mass is 267 g/mol. The fraction of sp³-hybridized carbons (Fsp3) is 0.769. The summed E-state index contributed by atoms with van der Waals surface area (Å²) in [6.45, 7) is 3.01. The number of hydrogen-bond acceptors (Lipinski definition) is 5. The second-order valence-electron chi connectivity index (χ2n) is 5.35. The van der Waals surface area contributed by atoms with Gasteiger partial charge in [0.1, 0.15) is 0 Å². The van der Waals surface area contributed by atoms with Crippen LogP contribution in [0.1, 0.15) is 42.8 Å². The minimum absolute atomic E-state index is 0.143. The summed E-state index contributed by atoms with van der Waals surface area (Å²) in [5, 5.41) is 1.11. The maximum atomic E-state index is 6.14. The predicted molar refractivity (Wildman–Crippen MR) is 74.2 cm³/mol. The van der Waals surface area contributed by atoms with Crippen molar-refractivity contribution >= 4 is 16.5 Å². The largest absolute Gasteiger partial charge is 0.376 e. The summed E-state index contributed by atoms with van der Waals surface area (Å²) < 4.78 is 5.64. The van der Waals surface area contributed by atoms with Crippen LogP contribution < -0.4 is 10.6 Å². The van der Waals surface area contributed by atoms with Crippen molar-refractivity contribution in [1.29, 1.82) is 0 Å². The molecule has 2 N–H and O–H groups in total. The topological polar surface area (TPSA) is 51.4 Å². The van der Waals surface area contributed by atoms with Crippen LogP contribution in [0.15, 0.2) is 0 Å². The first-order valence-corrected chi connectivity index (χ1v) is 7.58. The van der Waals surface area contributed by atoms with Gasteiger partial charge in [0, 0.05) is 24.6 Å². The van der Waals surface area contributed by atoms with Crippen molar-refractivity contribution < 1.29 is 4.74 Å². The number of hydrogen-bond donors (Lipinski definition) is 1. The van der Waals surface area contributed by atoms with Crippen molar-refractivity contribution in [2.75, 3.05) is 18.6 Å². The molecule has 0 saturated carbocycles. The van der Waals surface area contributed by atoms with Crippen molar-refractivity contribution in [3.63, 3.8) is 0 Å². The number of nitrogens with zero attached hydrogens (tertiary/aromatic N) is 2. The van der Waals surface area contributed by atoms with E-state index in [1.165, 1.54) is 11.3 Å². The second kappa shape index (κ2) is 4.79. The number of aromatic nitrogens is 1. The molecule has 18 heavy (non-hydrogen) atoms. The SMILES string of the molecule is CC1OCCC1N(C)c1nc2c(s1)CCCC2N. The molecule has 0 bridgehead atoms. The molecule has 1 aliphatic carbocycles. The van der Waals surface area contributed by atoms with E-state index >= 15 is 0 Å². The van der Waals surface area contributed by atoms with E-state index in [0.29, 0.717) is 12.1 Å². The minimum atomic E-state index is 0.143. The molecule has 1 aliphatic heterocycles. The molecule has 1 saturated heterocycles. The predicted octanol–water partition coefficient (Wildman–Crippen LogP) is 2.09. The standard InChI is InChI=1S/C13H21N3OS/c1-8-10(6-7-17-8)16(2)13-15-12-9(14)4-3-5-11(12)18-13/h8-10H,3-7,14H2,1-2H3. The quantitative estimate of drug-likeness (QED) is 0.891. The van der Waals surface area contributed by atoms with Gasteiger partial charge in [-0.3, -0.25) is 0 Å². The molecule has 3 atom stereocenters. The van der Waals surface area contributed by atoms with Crippen LogP contribution in [0, 0.1) is 0 Å². The highest BCUT2D eigenvalue weighted by Gasteiger charge is 2.31. The van der Waals surface area contributed by atoms with Crippen molar-refractivity contribution in [3.05, 3.63) is 10.6 Å². The van der Waals surface area contributed by atoms with Gasteiger partial charge in [-0.25, -0.2) is 4.98 Å². The Morgan fingerprint density at radius 3 is 2.94 bits per heavy atom. The van der Waals surface area contributed by atoms with Crippen LogP contribution >= 0.6 is 11.3 Å². The van der Waals surface area contributed by atoms with E-state index in [1.807, 2.05) is 11.3 Å². The Kier molecular flexibility index (Phi) is 3.30. The van der Waals surface area contributed by atoms with Crippen LogP contribution in [0.4, 0.5) is 5.13 Å². The minimum Gasteiger partial charge on any atom is -0.376 e. The third-order valence-corrected chi connectivity index (χ3v) is 5.34. The molecule has 0 spiro atoms. The van der Waals surface area contributed by atoms with Crippen LogP contribution in [0.2, 0.25) is 0 Å². The van der Waals surface area contributed by atoms with Gasteiger partial charge in [-0.2, -0.15) is 0 Å². The number of rotatable bonds is 2. The number of thiazole rings is 1. The summed E-state index contributed by atoms with van der Waals surface area (Å²) in [5.74, 6) is 0. The smallest absolute Gasteiger partial charge is 0.185 e. The zero-order chi connectivity index (χ0) is 12.7. The number of fused-ring (bicyclic) bond motifs is 1. The van der Waals surface area contributed by atoms with Gasteiger partial charge in [0.05, 0.1) is 17.8 Å². The van der Waals surface area contributed by atoms with E-state index in [2.05, 4.69) is 18.9 Å². The van der Waals surface area contributed by atoms with Gasteiger partial charge in [-0.05, 0) is 32.6 Å². The molecule has 5 heteroatoms. The molecule has 2 aliphatic rings. The second-order valence-corrected chi connectivity index (χ2v) is 6.41.